The van der Waals surface area contributed by atoms with E-state index in [0.29, 0.717) is 21.7 Å². The quantitative estimate of drug-likeness (QED) is 0.190. The molecule has 8 heteroatoms. The number of aromatic nitrogens is 1. The van der Waals surface area contributed by atoms with E-state index in [1.807, 2.05) is 60.7 Å². The van der Waals surface area contributed by atoms with Gasteiger partial charge in [-0.25, -0.2) is 9.38 Å². The average Bonchev–Trinajstić information content (AvgIpc) is 3.30. The van der Waals surface area contributed by atoms with Gasteiger partial charge in [-0.1, -0.05) is 78.1 Å². The number of allylic oxidation sites excluding steroid dienone is 1. The van der Waals surface area contributed by atoms with Gasteiger partial charge in [-0.15, -0.1) is 0 Å². The number of thiazole rings is 1. The summed E-state index contributed by atoms with van der Waals surface area (Å²) in [6.07, 6.45) is 3.54. The summed E-state index contributed by atoms with van der Waals surface area (Å²) in [5, 5.41) is 0. The summed E-state index contributed by atoms with van der Waals surface area (Å²) in [6.45, 7) is 0.438. The summed E-state index contributed by atoms with van der Waals surface area (Å²) in [7, 11) is 0. The topological polar surface area (TPSA) is 43.6 Å². The second kappa shape index (κ2) is 11.2. The van der Waals surface area contributed by atoms with Crippen molar-refractivity contribution in [2.45, 2.75) is 25.5 Å². The fourth-order valence-electron chi connectivity index (χ4n) is 5.65. The lowest BCUT2D eigenvalue weighted by Gasteiger charge is -2.30. The summed E-state index contributed by atoms with van der Waals surface area (Å²) in [5.74, 6) is 0.391. The Morgan fingerprint density at radius 2 is 1.67 bits per heavy atom. The van der Waals surface area contributed by atoms with Gasteiger partial charge >= 0.3 is 0 Å². The third-order valence-corrected chi connectivity index (χ3v) is 9.76. The monoisotopic (exact) mass is 700 g/mol. The Balaban J connectivity index is 1.33. The molecule has 0 bridgehead atoms. The zero-order chi connectivity index (χ0) is 28.8. The second-order valence-corrected chi connectivity index (χ2v) is 13.0. The van der Waals surface area contributed by atoms with Crippen LogP contribution in [0.3, 0.4) is 0 Å². The molecule has 4 aromatic carbocycles. The van der Waals surface area contributed by atoms with Crippen molar-refractivity contribution in [1.82, 2.24) is 4.57 Å². The first kappa shape index (κ1) is 27.3. The van der Waals surface area contributed by atoms with E-state index in [4.69, 9.17) is 9.73 Å². The lowest BCUT2D eigenvalue weighted by molar-refractivity contribution is 0.302. The predicted molar refractivity (Wildman–Crippen MR) is 172 cm³/mol. The molecule has 42 heavy (non-hydrogen) atoms. The molecule has 0 amide bonds. The van der Waals surface area contributed by atoms with Crippen LogP contribution in [0, 0.1) is 5.82 Å². The van der Waals surface area contributed by atoms with E-state index in [2.05, 4.69) is 44.0 Å². The van der Waals surface area contributed by atoms with Gasteiger partial charge in [0.1, 0.15) is 18.2 Å². The summed E-state index contributed by atoms with van der Waals surface area (Å²) < 4.78 is 23.9. The molecular formula is C34H23Br2FN2O2S. The van der Waals surface area contributed by atoms with Gasteiger partial charge in [0.2, 0.25) is 0 Å². The van der Waals surface area contributed by atoms with Gasteiger partial charge in [0, 0.05) is 5.56 Å². The van der Waals surface area contributed by atoms with Crippen molar-refractivity contribution in [3.8, 4) is 5.75 Å². The molecule has 0 spiro atoms. The molecule has 1 aliphatic carbocycles. The maximum absolute atomic E-state index is 14.0. The van der Waals surface area contributed by atoms with E-state index in [0.717, 1.165) is 55.3 Å². The molecule has 0 fully saturated rings. The number of halogens is 3. The predicted octanol–water partition coefficient (Wildman–Crippen LogP) is 7.56. The van der Waals surface area contributed by atoms with Crippen LogP contribution in [0.15, 0.2) is 115 Å². The maximum Gasteiger partial charge on any atom is 0.271 e. The number of ether oxygens (including phenoxy) is 1. The van der Waals surface area contributed by atoms with Gasteiger partial charge < -0.3 is 4.74 Å². The Kier molecular flexibility index (Phi) is 7.30. The van der Waals surface area contributed by atoms with Crippen molar-refractivity contribution in [2.24, 2.45) is 4.99 Å². The summed E-state index contributed by atoms with van der Waals surface area (Å²) in [6, 6.07) is 28.3. The number of hydrogen-bond acceptors (Lipinski definition) is 4. The lowest BCUT2D eigenvalue weighted by atomic mass is 9.83. The fourth-order valence-corrected chi connectivity index (χ4v) is 8.10. The van der Waals surface area contributed by atoms with Crippen molar-refractivity contribution in [1.29, 1.82) is 0 Å². The van der Waals surface area contributed by atoms with Gasteiger partial charge in [-0.3, -0.25) is 9.36 Å². The summed E-state index contributed by atoms with van der Waals surface area (Å²) in [4.78, 5) is 19.7. The molecule has 7 rings (SSSR count). The molecule has 0 saturated carbocycles. The molecular weight excluding hydrogens is 679 g/mol. The molecule has 0 saturated heterocycles. The van der Waals surface area contributed by atoms with Crippen molar-refractivity contribution < 1.29 is 9.13 Å². The molecule has 0 unspecified atom stereocenters. The minimum Gasteiger partial charge on any atom is -0.487 e. The number of nitrogens with zero attached hydrogens (tertiary/aromatic N) is 2. The summed E-state index contributed by atoms with van der Waals surface area (Å²) in [5.41, 5.74) is 7.03. The SMILES string of the molecule is O=c1/c(=C\c2cc(Br)c(OCc3ccccc3)c(Br)c2)sc2n1[C@H](c1ccc(F)cc1)C1=C(N=2)c2ccccc2CC1. The molecule has 4 nitrogen and oxygen atoms in total. The minimum atomic E-state index is -0.348. The van der Waals surface area contributed by atoms with Crippen LogP contribution < -0.4 is 19.6 Å². The van der Waals surface area contributed by atoms with Crippen LogP contribution in [0.2, 0.25) is 0 Å². The van der Waals surface area contributed by atoms with E-state index in [9.17, 15) is 9.18 Å². The molecule has 2 aliphatic rings. The first-order chi connectivity index (χ1) is 20.5. The normalized spacial score (nSPS) is 16.0. The van der Waals surface area contributed by atoms with E-state index >= 15 is 0 Å². The van der Waals surface area contributed by atoms with E-state index in [1.165, 1.54) is 29.0 Å². The zero-order valence-electron chi connectivity index (χ0n) is 22.2. The number of fused-ring (bicyclic) bond motifs is 3. The van der Waals surface area contributed by atoms with Crippen molar-refractivity contribution in [3.63, 3.8) is 0 Å². The van der Waals surface area contributed by atoms with Crippen LogP contribution in [-0.4, -0.2) is 4.57 Å². The zero-order valence-corrected chi connectivity index (χ0v) is 26.2. The van der Waals surface area contributed by atoms with Gasteiger partial charge in [-0.05, 0) is 103 Å². The Morgan fingerprint density at radius 1 is 0.952 bits per heavy atom. The molecule has 208 valence electrons. The van der Waals surface area contributed by atoms with Crippen molar-refractivity contribution >= 4 is 55.0 Å². The second-order valence-electron chi connectivity index (χ2n) is 10.3. The number of benzene rings is 4. The Bertz CT molecular complexity index is 2030. The largest absolute Gasteiger partial charge is 0.487 e. The Morgan fingerprint density at radius 3 is 2.43 bits per heavy atom. The van der Waals surface area contributed by atoms with E-state index in [-0.39, 0.29) is 17.4 Å². The van der Waals surface area contributed by atoms with Gasteiger partial charge in [0.05, 0.1) is 25.2 Å². The molecule has 1 atom stereocenters. The molecule has 0 radical (unpaired) electrons. The standard InChI is InChI=1S/C34H23Br2FN2O2S/c35-27-16-21(17-28(36)32(27)41-19-20-6-2-1-3-7-20)18-29-33(40)39-31(23-10-13-24(37)14-11-23)26-15-12-22-8-4-5-9-25(22)30(26)38-34(39)42-29/h1-11,13-14,16-18,31H,12,15,19H2/b29-18+/t31-/m1/s1. The van der Waals surface area contributed by atoms with Crippen LogP contribution in [-0.2, 0) is 13.0 Å². The third kappa shape index (κ3) is 5.02. The highest BCUT2D eigenvalue weighted by Gasteiger charge is 2.32. The fraction of sp³-hybridized carbons (Fsp3) is 0.118. The lowest BCUT2D eigenvalue weighted by Crippen LogP contribution is -2.38. The number of hydrogen-bond donors (Lipinski definition) is 0. The van der Waals surface area contributed by atoms with Crippen LogP contribution in [0.4, 0.5) is 4.39 Å². The van der Waals surface area contributed by atoms with Gasteiger partial charge in [0.25, 0.3) is 5.56 Å². The Labute approximate surface area is 262 Å². The van der Waals surface area contributed by atoms with Crippen molar-refractivity contribution in [2.75, 3.05) is 0 Å². The Hall–Kier alpha value is -3.59. The van der Waals surface area contributed by atoms with E-state index < -0.39 is 0 Å². The first-order valence-corrected chi connectivity index (χ1v) is 15.9. The highest BCUT2D eigenvalue weighted by Crippen LogP contribution is 2.41. The molecule has 0 N–H and O–H groups in total. The smallest absolute Gasteiger partial charge is 0.271 e. The van der Waals surface area contributed by atoms with Crippen LogP contribution >= 0.6 is 43.2 Å². The van der Waals surface area contributed by atoms with Gasteiger partial charge in [-0.2, -0.15) is 0 Å². The highest BCUT2D eigenvalue weighted by molar-refractivity contribution is 9.11. The third-order valence-electron chi connectivity index (χ3n) is 7.60. The minimum absolute atomic E-state index is 0.116. The molecule has 1 aliphatic heterocycles. The summed E-state index contributed by atoms with van der Waals surface area (Å²) >= 11 is 8.68. The first-order valence-electron chi connectivity index (χ1n) is 13.5. The van der Waals surface area contributed by atoms with Crippen molar-refractivity contribution in [3.05, 3.63) is 159 Å². The molecule has 5 aromatic rings. The number of rotatable bonds is 5. The number of aryl methyl sites for hydroxylation is 1. The molecule has 1 aromatic heterocycles. The van der Waals surface area contributed by atoms with Crippen LogP contribution in [0.5, 0.6) is 5.75 Å². The molecule has 2 heterocycles. The van der Waals surface area contributed by atoms with E-state index in [1.54, 1.807) is 16.7 Å². The maximum atomic E-state index is 14.0. The average molecular weight is 702 g/mol. The van der Waals surface area contributed by atoms with Crippen LogP contribution in [0.1, 0.15) is 40.3 Å². The van der Waals surface area contributed by atoms with Gasteiger partial charge in [0.15, 0.2) is 4.80 Å². The highest BCUT2D eigenvalue weighted by atomic mass is 79.9. The van der Waals surface area contributed by atoms with Crippen LogP contribution in [0.25, 0.3) is 11.8 Å².